The number of esters is 1. The lowest BCUT2D eigenvalue weighted by atomic mass is 10.1. The first-order chi connectivity index (χ1) is 18.5. The van der Waals surface area contributed by atoms with Crippen LogP contribution in [0.3, 0.4) is 0 Å². The van der Waals surface area contributed by atoms with Crippen molar-refractivity contribution in [1.82, 2.24) is 4.72 Å². The van der Waals surface area contributed by atoms with E-state index in [9.17, 15) is 13.2 Å². The fraction of sp³-hybridized carbons (Fsp3) is 0.387. The highest BCUT2D eigenvalue weighted by atomic mass is 32.2. The first-order valence-electron chi connectivity index (χ1n) is 13.3. The maximum atomic E-state index is 13.2. The lowest BCUT2D eigenvalue weighted by molar-refractivity contribution is -0.871. The van der Waals surface area contributed by atoms with E-state index >= 15 is 0 Å². The Balaban J connectivity index is 1.64. The number of hydrogen-bond donors (Lipinski definition) is 1. The molecule has 1 N–H and O–H groups in total. The van der Waals surface area contributed by atoms with Gasteiger partial charge in [0, 0.05) is 5.56 Å². The molecule has 0 unspecified atom stereocenters. The number of quaternary nitrogens is 1. The van der Waals surface area contributed by atoms with Gasteiger partial charge in [-0.3, -0.25) is 4.79 Å². The molecule has 0 bridgehead atoms. The van der Waals surface area contributed by atoms with Crippen molar-refractivity contribution in [2.75, 3.05) is 27.7 Å². The van der Waals surface area contributed by atoms with Gasteiger partial charge in [-0.15, -0.1) is 11.3 Å². The van der Waals surface area contributed by atoms with Crippen LogP contribution in [0.4, 0.5) is 0 Å². The lowest BCUT2D eigenvalue weighted by Crippen LogP contribution is -2.49. The van der Waals surface area contributed by atoms with Crippen LogP contribution in [0.2, 0.25) is 0 Å². The summed E-state index contributed by atoms with van der Waals surface area (Å²) in [5.41, 5.74) is 3.07. The minimum Gasteiger partial charge on any atom is -0.461 e. The Bertz CT molecular complexity index is 1360. The fourth-order valence-electron chi connectivity index (χ4n) is 4.08. The van der Waals surface area contributed by atoms with Crippen LogP contribution in [-0.4, -0.2) is 52.6 Å². The van der Waals surface area contributed by atoms with E-state index in [2.05, 4.69) is 35.6 Å². The molecule has 0 fully saturated rings. The van der Waals surface area contributed by atoms with E-state index in [4.69, 9.17) is 4.74 Å². The molecule has 3 rings (SSSR count). The summed E-state index contributed by atoms with van der Waals surface area (Å²) in [5, 5.41) is 0. The molecule has 0 aliphatic carbocycles. The molecule has 39 heavy (non-hydrogen) atoms. The number of unbranched alkanes of at least 4 members (excludes halogenated alkanes) is 2. The first kappa shape index (κ1) is 30.6. The molecular formula is C31H39N2O4S2+. The van der Waals surface area contributed by atoms with E-state index in [1.165, 1.54) is 24.8 Å². The van der Waals surface area contributed by atoms with Gasteiger partial charge >= 0.3 is 5.97 Å². The third-order valence-corrected chi connectivity index (χ3v) is 8.96. The Morgan fingerprint density at radius 2 is 1.67 bits per heavy atom. The van der Waals surface area contributed by atoms with Gasteiger partial charge in [-0.25, -0.2) is 13.1 Å². The maximum absolute atomic E-state index is 13.2. The zero-order valence-corrected chi connectivity index (χ0v) is 24.9. The summed E-state index contributed by atoms with van der Waals surface area (Å²) in [6.07, 6.45) is 4.63. The average Bonchev–Trinajstić information content (AvgIpc) is 3.37. The minimum absolute atomic E-state index is 0.0614. The van der Waals surface area contributed by atoms with E-state index in [0.717, 1.165) is 28.9 Å². The number of carbonyl (C=O) groups excluding carboxylic acids is 1. The van der Waals surface area contributed by atoms with Gasteiger partial charge in [0.25, 0.3) is 10.0 Å². The molecular weight excluding hydrogens is 528 g/mol. The molecule has 0 radical (unpaired) electrons. The highest BCUT2D eigenvalue weighted by Gasteiger charge is 2.28. The second-order valence-electron chi connectivity index (χ2n) is 10.7. The molecule has 2 aromatic carbocycles. The summed E-state index contributed by atoms with van der Waals surface area (Å²) in [6.45, 7) is 2.77. The normalized spacial score (nSPS) is 12.4. The smallest absolute Gasteiger partial charge is 0.307 e. The van der Waals surface area contributed by atoms with Crippen LogP contribution >= 0.6 is 11.3 Å². The van der Waals surface area contributed by atoms with Crippen LogP contribution in [0, 0.1) is 11.8 Å². The molecule has 208 valence electrons. The molecule has 0 aliphatic heterocycles. The van der Waals surface area contributed by atoms with E-state index in [1.807, 2.05) is 63.6 Å². The van der Waals surface area contributed by atoms with Gasteiger partial charge in [0.1, 0.15) is 10.8 Å². The zero-order valence-electron chi connectivity index (χ0n) is 23.3. The zero-order chi connectivity index (χ0) is 28.3. The number of sulfonamides is 1. The molecule has 3 aromatic rings. The van der Waals surface area contributed by atoms with Crippen LogP contribution in [0.1, 0.15) is 54.2 Å². The topological polar surface area (TPSA) is 72.5 Å². The van der Waals surface area contributed by atoms with Gasteiger partial charge in [0.15, 0.2) is 0 Å². The summed E-state index contributed by atoms with van der Waals surface area (Å²) >= 11 is 1.12. The van der Waals surface area contributed by atoms with Gasteiger partial charge in [-0.2, -0.15) is 0 Å². The minimum atomic E-state index is -3.84. The third kappa shape index (κ3) is 11.0. The van der Waals surface area contributed by atoms with E-state index < -0.39 is 22.0 Å². The maximum Gasteiger partial charge on any atom is 0.307 e. The number of hydrogen-bond acceptors (Lipinski definition) is 5. The number of aryl methyl sites for hydroxylation is 1. The largest absolute Gasteiger partial charge is 0.461 e. The van der Waals surface area contributed by atoms with Crippen molar-refractivity contribution < 1.29 is 22.4 Å². The van der Waals surface area contributed by atoms with Gasteiger partial charge in [-0.05, 0) is 48.2 Å². The van der Waals surface area contributed by atoms with Crippen LogP contribution in [0.25, 0.3) is 0 Å². The van der Waals surface area contributed by atoms with Crippen LogP contribution in [0.15, 0.2) is 70.9 Å². The van der Waals surface area contributed by atoms with Crippen molar-refractivity contribution in [3.63, 3.8) is 0 Å². The van der Waals surface area contributed by atoms with Crippen molar-refractivity contribution in [3.05, 3.63) is 88.3 Å². The lowest BCUT2D eigenvalue weighted by Gasteiger charge is -2.29. The van der Waals surface area contributed by atoms with Gasteiger partial charge < -0.3 is 9.22 Å². The van der Waals surface area contributed by atoms with Crippen molar-refractivity contribution in [2.24, 2.45) is 0 Å². The number of thiophene rings is 1. The Labute approximate surface area is 237 Å². The molecule has 0 saturated carbocycles. The number of carbonyl (C=O) groups is 1. The van der Waals surface area contributed by atoms with Crippen molar-refractivity contribution in [2.45, 2.75) is 55.9 Å². The molecule has 8 heteroatoms. The van der Waals surface area contributed by atoms with E-state index in [1.54, 1.807) is 12.1 Å². The number of nitrogens with one attached hydrogen (secondary N) is 1. The number of ether oxygens (including phenoxy) is 1. The highest BCUT2D eigenvalue weighted by molar-refractivity contribution is 7.91. The Hall–Kier alpha value is -2.96. The number of likely N-dealkylation sites (N-methyl/N-ethyl adjacent to an activating group) is 1. The second-order valence-corrected chi connectivity index (χ2v) is 13.7. The average molecular weight is 568 g/mol. The molecule has 0 amide bonds. The van der Waals surface area contributed by atoms with Crippen molar-refractivity contribution in [1.29, 1.82) is 0 Å². The van der Waals surface area contributed by atoms with Gasteiger partial charge in [0.05, 0.1) is 45.0 Å². The molecule has 0 spiro atoms. The molecule has 1 atom stereocenters. The van der Waals surface area contributed by atoms with E-state index in [-0.39, 0.29) is 17.2 Å². The summed E-state index contributed by atoms with van der Waals surface area (Å²) in [4.78, 5) is 13.2. The first-order valence-corrected chi connectivity index (χ1v) is 15.6. The SMILES string of the molecule is CCCCCc1ccc(C#Cc2ccc(S(=O)(=O)N[C@H](CC(=O)OCc3ccccc3)C[N+](C)(C)C)s2)cc1. The molecule has 0 aliphatic rings. The predicted octanol–water partition coefficient (Wildman–Crippen LogP) is 5.37. The second kappa shape index (κ2) is 14.4. The van der Waals surface area contributed by atoms with Crippen LogP contribution in [-0.2, 0) is 32.6 Å². The summed E-state index contributed by atoms with van der Waals surface area (Å²) in [7, 11) is 2.01. The van der Waals surface area contributed by atoms with Gasteiger partial charge in [-0.1, -0.05) is 74.1 Å². The van der Waals surface area contributed by atoms with Crippen molar-refractivity contribution in [3.8, 4) is 11.8 Å². The highest BCUT2D eigenvalue weighted by Crippen LogP contribution is 2.22. The number of benzene rings is 2. The monoisotopic (exact) mass is 567 g/mol. The van der Waals surface area contributed by atoms with Crippen LogP contribution in [0.5, 0.6) is 0 Å². The predicted molar refractivity (Wildman–Crippen MR) is 158 cm³/mol. The van der Waals surface area contributed by atoms with Crippen molar-refractivity contribution >= 4 is 27.3 Å². The number of rotatable bonds is 13. The third-order valence-electron chi connectivity index (χ3n) is 5.94. The Morgan fingerprint density at radius 1 is 0.949 bits per heavy atom. The fourth-order valence-corrected chi connectivity index (χ4v) is 6.48. The van der Waals surface area contributed by atoms with Crippen LogP contribution < -0.4 is 4.72 Å². The number of nitrogens with zero attached hydrogens (tertiary/aromatic N) is 1. The van der Waals surface area contributed by atoms with Gasteiger partial charge in [0.2, 0.25) is 0 Å². The summed E-state index contributed by atoms with van der Waals surface area (Å²) in [5.74, 6) is 5.76. The summed E-state index contributed by atoms with van der Waals surface area (Å²) in [6, 6.07) is 20.3. The molecule has 1 heterocycles. The molecule has 0 saturated heterocycles. The molecule has 6 nitrogen and oxygen atoms in total. The Kier molecular flexibility index (Phi) is 11.3. The standard InChI is InChI=1S/C31H39N2O4S2/c1-5-6-8-11-25-14-16-26(17-15-25)18-19-29-20-21-31(38-29)39(35,36)32-28(23-33(2,3)4)22-30(34)37-24-27-12-9-7-10-13-27/h7,9-10,12-17,20-21,28,32H,5-6,8,11,22-24H2,1-4H3/q+1/t28-/m1/s1. The summed E-state index contributed by atoms with van der Waals surface area (Å²) < 4.78 is 35.2. The Morgan fingerprint density at radius 3 is 2.33 bits per heavy atom. The quantitative estimate of drug-likeness (QED) is 0.131. The van der Waals surface area contributed by atoms with E-state index in [0.29, 0.717) is 15.9 Å². The molecule has 1 aromatic heterocycles.